The normalized spacial score (nSPS) is 13.4. The lowest BCUT2D eigenvalue weighted by Crippen LogP contribution is -2.24. The highest BCUT2D eigenvalue weighted by atomic mass is 19.4. The molecular formula is C11H16F3N3O. The van der Waals surface area contributed by atoms with Crippen LogP contribution in [0.15, 0.2) is 12.4 Å². The average molecular weight is 263 g/mol. The van der Waals surface area contributed by atoms with Crippen molar-refractivity contribution in [3.8, 4) is 5.88 Å². The standard InChI is InChI=1S/C11H16F3N3O/c1-3-15-8(4-5-11(12,13)14)9-6-10(18-2)17-7-16-9/h6-8,15H,3-5H2,1-2H3. The first kappa shape index (κ1) is 14.7. The maximum Gasteiger partial charge on any atom is 0.389 e. The molecular weight excluding hydrogens is 247 g/mol. The van der Waals surface area contributed by atoms with Crippen molar-refractivity contribution in [2.24, 2.45) is 0 Å². The lowest BCUT2D eigenvalue weighted by molar-refractivity contribution is -0.136. The molecule has 0 aromatic carbocycles. The molecule has 0 aliphatic rings. The van der Waals surface area contributed by atoms with Crippen LogP contribution in [0.5, 0.6) is 5.88 Å². The molecule has 0 bridgehead atoms. The van der Waals surface area contributed by atoms with E-state index in [4.69, 9.17) is 4.74 Å². The number of aromatic nitrogens is 2. The van der Waals surface area contributed by atoms with Gasteiger partial charge in [0.15, 0.2) is 0 Å². The lowest BCUT2D eigenvalue weighted by atomic mass is 10.1. The number of alkyl halides is 3. The number of halogens is 3. The van der Waals surface area contributed by atoms with Crippen LogP contribution >= 0.6 is 0 Å². The van der Waals surface area contributed by atoms with Gasteiger partial charge in [0.1, 0.15) is 6.33 Å². The number of methoxy groups -OCH3 is 1. The van der Waals surface area contributed by atoms with E-state index < -0.39 is 18.6 Å². The van der Waals surface area contributed by atoms with Gasteiger partial charge in [-0.2, -0.15) is 13.2 Å². The van der Waals surface area contributed by atoms with Crippen molar-refractivity contribution in [2.45, 2.75) is 32.0 Å². The highest BCUT2D eigenvalue weighted by molar-refractivity contribution is 5.16. The Morgan fingerprint density at radius 2 is 2.11 bits per heavy atom. The number of nitrogens with one attached hydrogen (secondary N) is 1. The van der Waals surface area contributed by atoms with Gasteiger partial charge in [-0.05, 0) is 13.0 Å². The fraction of sp³-hybridized carbons (Fsp3) is 0.636. The van der Waals surface area contributed by atoms with Crippen molar-refractivity contribution >= 4 is 0 Å². The van der Waals surface area contributed by atoms with E-state index in [1.165, 1.54) is 13.4 Å². The zero-order valence-corrected chi connectivity index (χ0v) is 10.3. The van der Waals surface area contributed by atoms with Crippen LogP contribution in [0.1, 0.15) is 31.5 Å². The number of nitrogens with zero attached hydrogens (tertiary/aromatic N) is 2. The topological polar surface area (TPSA) is 47.0 Å². The molecule has 0 aliphatic carbocycles. The van der Waals surface area contributed by atoms with Crippen LogP contribution in [0.3, 0.4) is 0 Å². The number of hydrogen-bond donors (Lipinski definition) is 1. The van der Waals surface area contributed by atoms with Gasteiger partial charge in [-0.3, -0.25) is 0 Å². The monoisotopic (exact) mass is 263 g/mol. The Balaban J connectivity index is 2.76. The van der Waals surface area contributed by atoms with Gasteiger partial charge in [0.25, 0.3) is 0 Å². The van der Waals surface area contributed by atoms with E-state index in [-0.39, 0.29) is 6.42 Å². The fourth-order valence-corrected chi connectivity index (χ4v) is 1.56. The van der Waals surface area contributed by atoms with E-state index in [1.807, 2.05) is 6.92 Å². The summed E-state index contributed by atoms with van der Waals surface area (Å²) in [5, 5.41) is 2.98. The molecule has 0 amide bonds. The SMILES string of the molecule is CCNC(CCC(F)(F)F)c1cc(OC)ncn1. The summed E-state index contributed by atoms with van der Waals surface area (Å²) >= 11 is 0. The Morgan fingerprint density at radius 3 is 2.67 bits per heavy atom. The molecule has 0 saturated carbocycles. The zero-order chi connectivity index (χ0) is 13.6. The number of ether oxygens (including phenoxy) is 1. The van der Waals surface area contributed by atoms with E-state index in [1.54, 1.807) is 6.07 Å². The fourth-order valence-electron chi connectivity index (χ4n) is 1.56. The molecule has 1 N–H and O–H groups in total. The predicted molar refractivity (Wildman–Crippen MR) is 60.3 cm³/mol. The van der Waals surface area contributed by atoms with Crippen LogP contribution in [-0.4, -0.2) is 29.8 Å². The minimum Gasteiger partial charge on any atom is -0.481 e. The average Bonchev–Trinajstić information content (AvgIpc) is 2.33. The van der Waals surface area contributed by atoms with Gasteiger partial charge in [0.05, 0.1) is 18.8 Å². The first-order valence-electron chi connectivity index (χ1n) is 5.62. The molecule has 0 radical (unpaired) electrons. The second kappa shape index (κ2) is 6.53. The van der Waals surface area contributed by atoms with Crippen LogP contribution < -0.4 is 10.1 Å². The third kappa shape index (κ3) is 4.87. The summed E-state index contributed by atoms with van der Waals surface area (Å²) in [4.78, 5) is 7.81. The third-order valence-electron chi connectivity index (χ3n) is 2.40. The van der Waals surface area contributed by atoms with E-state index in [0.717, 1.165) is 0 Å². The van der Waals surface area contributed by atoms with Gasteiger partial charge in [-0.25, -0.2) is 9.97 Å². The summed E-state index contributed by atoms with van der Waals surface area (Å²) in [6, 6.07) is 1.09. The van der Waals surface area contributed by atoms with Crippen molar-refractivity contribution in [2.75, 3.05) is 13.7 Å². The molecule has 1 heterocycles. The lowest BCUT2D eigenvalue weighted by Gasteiger charge is -2.18. The minimum atomic E-state index is -4.16. The third-order valence-corrected chi connectivity index (χ3v) is 2.40. The van der Waals surface area contributed by atoms with Gasteiger partial charge in [-0.15, -0.1) is 0 Å². The first-order chi connectivity index (χ1) is 8.46. The van der Waals surface area contributed by atoms with E-state index in [0.29, 0.717) is 18.1 Å². The molecule has 102 valence electrons. The van der Waals surface area contributed by atoms with Gasteiger partial charge < -0.3 is 10.1 Å². The van der Waals surface area contributed by atoms with Crippen LogP contribution in [0.4, 0.5) is 13.2 Å². The first-order valence-corrected chi connectivity index (χ1v) is 5.62. The summed E-state index contributed by atoms with van der Waals surface area (Å²) in [6.07, 6.45) is -3.79. The summed E-state index contributed by atoms with van der Waals surface area (Å²) in [5.74, 6) is 0.343. The van der Waals surface area contributed by atoms with Gasteiger partial charge in [0.2, 0.25) is 5.88 Å². The summed E-state index contributed by atoms with van der Waals surface area (Å²) in [5.41, 5.74) is 0.507. The van der Waals surface area contributed by atoms with Crippen molar-refractivity contribution in [3.63, 3.8) is 0 Å². The molecule has 4 nitrogen and oxygen atoms in total. The Hall–Kier alpha value is -1.37. The molecule has 1 atom stereocenters. The number of rotatable bonds is 6. The molecule has 1 rings (SSSR count). The number of hydrogen-bond acceptors (Lipinski definition) is 4. The largest absolute Gasteiger partial charge is 0.481 e. The second-order valence-corrected chi connectivity index (χ2v) is 3.75. The van der Waals surface area contributed by atoms with Crippen molar-refractivity contribution < 1.29 is 17.9 Å². The molecule has 0 fully saturated rings. The summed E-state index contributed by atoms with van der Waals surface area (Å²) in [7, 11) is 1.45. The molecule has 0 aliphatic heterocycles. The van der Waals surface area contributed by atoms with Crippen molar-refractivity contribution in [1.29, 1.82) is 0 Å². The Kier molecular flexibility index (Phi) is 5.33. The van der Waals surface area contributed by atoms with Gasteiger partial charge >= 0.3 is 6.18 Å². The van der Waals surface area contributed by atoms with E-state index >= 15 is 0 Å². The Labute approximate surface area is 104 Å². The smallest absolute Gasteiger partial charge is 0.389 e. The highest BCUT2D eigenvalue weighted by Crippen LogP contribution is 2.27. The van der Waals surface area contributed by atoms with Crippen LogP contribution in [0.25, 0.3) is 0 Å². The summed E-state index contributed by atoms with van der Waals surface area (Å²) in [6.45, 7) is 2.40. The van der Waals surface area contributed by atoms with Crippen LogP contribution in [0.2, 0.25) is 0 Å². The van der Waals surface area contributed by atoms with Gasteiger partial charge in [0, 0.05) is 12.5 Å². The second-order valence-electron chi connectivity index (χ2n) is 3.75. The van der Waals surface area contributed by atoms with Crippen LogP contribution in [0, 0.1) is 0 Å². The maximum atomic E-state index is 12.2. The van der Waals surface area contributed by atoms with Crippen molar-refractivity contribution in [3.05, 3.63) is 18.1 Å². The Bertz CT molecular complexity index is 371. The molecule has 18 heavy (non-hydrogen) atoms. The maximum absolute atomic E-state index is 12.2. The molecule has 0 saturated heterocycles. The van der Waals surface area contributed by atoms with Gasteiger partial charge in [-0.1, -0.05) is 6.92 Å². The van der Waals surface area contributed by atoms with E-state index in [2.05, 4.69) is 15.3 Å². The summed E-state index contributed by atoms with van der Waals surface area (Å²) < 4.78 is 41.6. The molecule has 1 unspecified atom stereocenters. The zero-order valence-electron chi connectivity index (χ0n) is 10.3. The molecule has 0 spiro atoms. The minimum absolute atomic E-state index is 0.0580. The molecule has 7 heteroatoms. The van der Waals surface area contributed by atoms with Crippen molar-refractivity contribution in [1.82, 2.24) is 15.3 Å². The Morgan fingerprint density at radius 1 is 1.39 bits per heavy atom. The van der Waals surface area contributed by atoms with E-state index in [9.17, 15) is 13.2 Å². The highest BCUT2D eigenvalue weighted by Gasteiger charge is 2.29. The quantitative estimate of drug-likeness (QED) is 0.856. The molecule has 1 aromatic heterocycles. The predicted octanol–water partition coefficient (Wildman–Crippen LogP) is 2.48. The van der Waals surface area contributed by atoms with Crippen LogP contribution in [-0.2, 0) is 0 Å². The molecule has 1 aromatic rings.